The Labute approximate surface area is 367 Å². The first-order chi connectivity index (χ1) is 31.7. The Morgan fingerprint density at radius 2 is 0.578 bits per heavy atom. The molecule has 0 radical (unpaired) electrons. The van der Waals surface area contributed by atoms with Crippen molar-refractivity contribution in [3.63, 3.8) is 0 Å². The molecule has 0 aliphatic heterocycles. The van der Waals surface area contributed by atoms with E-state index in [0.29, 0.717) is 0 Å². The predicted octanol–water partition coefficient (Wildman–Crippen LogP) is 16.7. The molecular formula is C60H36N2O2. The molecule has 4 aromatic heterocycles. The van der Waals surface area contributed by atoms with Crippen LogP contribution in [0.4, 0.5) is 0 Å². The number of para-hydroxylation sites is 2. The van der Waals surface area contributed by atoms with Gasteiger partial charge in [-0.3, -0.25) is 0 Å². The maximum Gasteiger partial charge on any atom is 0.137 e. The average Bonchev–Trinajstić information content (AvgIpc) is 4.10. The van der Waals surface area contributed by atoms with Crippen LogP contribution in [0.3, 0.4) is 0 Å². The Morgan fingerprint density at radius 3 is 1.02 bits per heavy atom. The highest BCUT2D eigenvalue weighted by Crippen LogP contribution is 2.43. The standard InChI is InChI=1S/C60H36N2O2/c1-3-11-37(12-4-1)39-19-25-43(26-20-39)61-53-29-23-41(31-47(53)49-33-51-45-15-7-9-17-57(45)63-59(51)35-55(49)61)42-24-30-54-48(32-42)50-34-52-46-16-8-10-18-58(46)64-60(52)36-56(50)62(54)44-27-21-40(22-28-44)38-13-5-2-6-14-38/h1-36H. The van der Waals surface area contributed by atoms with Crippen LogP contribution in [0.2, 0.25) is 0 Å². The van der Waals surface area contributed by atoms with Gasteiger partial charge in [-0.05, 0) is 106 Å². The quantitative estimate of drug-likeness (QED) is 0.173. The van der Waals surface area contributed by atoms with E-state index >= 15 is 0 Å². The third-order valence-corrected chi connectivity index (χ3v) is 13.3. The average molecular weight is 817 g/mol. The molecule has 298 valence electrons. The van der Waals surface area contributed by atoms with E-state index in [1.54, 1.807) is 0 Å². The second kappa shape index (κ2) is 13.4. The predicted molar refractivity (Wildman–Crippen MR) is 266 cm³/mol. The van der Waals surface area contributed by atoms with Gasteiger partial charge in [-0.1, -0.05) is 133 Å². The number of benzene rings is 10. The summed E-state index contributed by atoms with van der Waals surface area (Å²) in [6.45, 7) is 0. The molecule has 10 aromatic carbocycles. The van der Waals surface area contributed by atoms with E-state index in [0.717, 1.165) is 88.4 Å². The fourth-order valence-electron chi connectivity index (χ4n) is 10.3. The van der Waals surface area contributed by atoms with Crippen molar-refractivity contribution in [2.24, 2.45) is 0 Å². The molecule has 64 heavy (non-hydrogen) atoms. The van der Waals surface area contributed by atoms with E-state index in [1.807, 2.05) is 12.1 Å². The van der Waals surface area contributed by atoms with Crippen LogP contribution in [-0.4, -0.2) is 9.13 Å². The number of nitrogens with zero attached hydrogens (tertiary/aromatic N) is 2. The van der Waals surface area contributed by atoms with E-state index in [4.69, 9.17) is 8.83 Å². The fraction of sp³-hybridized carbons (Fsp3) is 0. The van der Waals surface area contributed by atoms with Gasteiger partial charge in [0.25, 0.3) is 0 Å². The van der Waals surface area contributed by atoms with Gasteiger partial charge < -0.3 is 18.0 Å². The first-order valence-electron chi connectivity index (χ1n) is 21.8. The highest BCUT2D eigenvalue weighted by atomic mass is 16.3. The van der Waals surface area contributed by atoms with Gasteiger partial charge in [0.1, 0.15) is 22.3 Å². The highest BCUT2D eigenvalue weighted by Gasteiger charge is 2.20. The van der Waals surface area contributed by atoms with Crippen LogP contribution in [0.15, 0.2) is 227 Å². The summed E-state index contributed by atoms with van der Waals surface area (Å²) in [4.78, 5) is 0. The maximum atomic E-state index is 6.48. The molecule has 0 saturated carbocycles. The molecule has 0 saturated heterocycles. The number of hydrogen-bond donors (Lipinski definition) is 0. The topological polar surface area (TPSA) is 36.1 Å². The van der Waals surface area contributed by atoms with Crippen molar-refractivity contribution >= 4 is 87.5 Å². The molecule has 0 fully saturated rings. The summed E-state index contributed by atoms with van der Waals surface area (Å²) in [6.07, 6.45) is 0. The van der Waals surface area contributed by atoms with Gasteiger partial charge in [0.2, 0.25) is 0 Å². The minimum absolute atomic E-state index is 0.884. The maximum absolute atomic E-state index is 6.48. The Kier molecular flexibility index (Phi) is 7.36. The molecule has 0 unspecified atom stereocenters. The lowest BCUT2D eigenvalue weighted by Gasteiger charge is -2.11. The molecule has 0 aliphatic rings. The molecule has 0 amide bonds. The summed E-state index contributed by atoms with van der Waals surface area (Å²) in [5.74, 6) is 0. The fourth-order valence-corrected chi connectivity index (χ4v) is 10.3. The molecule has 0 aliphatic carbocycles. The number of fused-ring (bicyclic) bond motifs is 12. The van der Waals surface area contributed by atoms with Gasteiger partial charge in [0.05, 0.1) is 22.1 Å². The lowest BCUT2D eigenvalue weighted by Crippen LogP contribution is -1.94. The van der Waals surface area contributed by atoms with Crippen molar-refractivity contribution in [2.45, 2.75) is 0 Å². The van der Waals surface area contributed by atoms with Crippen LogP contribution in [0, 0.1) is 0 Å². The number of rotatable bonds is 5. The van der Waals surface area contributed by atoms with E-state index < -0.39 is 0 Å². The van der Waals surface area contributed by atoms with Gasteiger partial charge in [0.15, 0.2) is 0 Å². The zero-order valence-corrected chi connectivity index (χ0v) is 34.5. The molecular weight excluding hydrogens is 781 g/mol. The Hall–Kier alpha value is -8.60. The monoisotopic (exact) mass is 816 g/mol. The summed E-state index contributed by atoms with van der Waals surface area (Å²) >= 11 is 0. The van der Waals surface area contributed by atoms with Crippen molar-refractivity contribution in [1.82, 2.24) is 9.13 Å². The normalized spacial score (nSPS) is 12.1. The Balaban J connectivity index is 0.979. The summed E-state index contributed by atoms with van der Waals surface area (Å²) in [5, 5.41) is 9.26. The molecule has 0 N–H and O–H groups in total. The molecule has 4 heterocycles. The molecule has 0 atom stereocenters. The van der Waals surface area contributed by atoms with Crippen molar-refractivity contribution in [2.75, 3.05) is 0 Å². The second-order valence-corrected chi connectivity index (χ2v) is 16.9. The summed E-state index contributed by atoms with van der Waals surface area (Å²) in [6, 6.07) is 78.6. The molecule has 14 aromatic rings. The van der Waals surface area contributed by atoms with Gasteiger partial charge in [0, 0.05) is 66.6 Å². The van der Waals surface area contributed by atoms with E-state index in [2.05, 4.69) is 215 Å². The van der Waals surface area contributed by atoms with Crippen molar-refractivity contribution in [1.29, 1.82) is 0 Å². The minimum Gasteiger partial charge on any atom is -0.456 e. The summed E-state index contributed by atoms with van der Waals surface area (Å²) in [7, 11) is 0. The van der Waals surface area contributed by atoms with Crippen LogP contribution in [0.1, 0.15) is 0 Å². The molecule has 4 heteroatoms. The van der Waals surface area contributed by atoms with Crippen LogP contribution < -0.4 is 0 Å². The van der Waals surface area contributed by atoms with Crippen LogP contribution >= 0.6 is 0 Å². The van der Waals surface area contributed by atoms with E-state index in [-0.39, 0.29) is 0 Å². The molecule has 14 rings (SSSR count). The van der Waals surface area contributed by atoms with Crippen LogP contribution in [0.25, 0.3) is 132 Å². The van der Waals surface area contributed by atoms with Gasteiger partial charge in [-0.25, -0.2) is 0 Å². The Morgan fingerprint density at radius 1 is 0.219 bits per heavy atom. The second-order valence-electron chi connectivity index (χ2n) is 16.9. The number of hydrogen-bond acceptors (Lipinski definition) is 2. The van der Waals surface area contributed by atoms with Gasteiger partial charge in [-0.2, -0.15) is 0 Å². The van der Waals surface area contributed by atoms with Crippen molar-refractivity contribution < 1.29 is 8.83 Å². The number of aromatic nitrogens is 2. The van der Waals surface area contributed by atoms with Crippen LogP contribution in [0.5, 0.6) is 0 Å². The van der Waals surface area contributed by atoms with Gasteiger partial charge >= 0.3 is 0 Å². The first-order valence-corrected chi connectivity index (χ1v) is 21.8. The largest absolute Gasteiger partial charge is 0.456 e. The minimum atomic E-state index is 0.884. The van der Waals surface area contributed by atoms with Crippen molar-refractivity contribution in [3.8, 4) is 44.8 Å². The van der Waals surface area contributed by atoms with E-state index in [1.165, 1.54) is 43.8 Å². The zero-order valence-electron chi connectivity index (χ0n) is 34.5. The molecule has 0 spiro atoms. The Bertz CT molecular complexity index is 3880. The van der Waals surface area contributed by atoms with Crippen LogP contribution in [-0.2, 0) is 0 Å². The lowest BCUT2D eigenvalue weighted by atomic mass is 10.00. The molecule has 4 nitrogen and oxygen atoms in total. The third-order valence-electron chi connectivity index (χ3n) is 13.3. The van der Waals surface area contributed by atoms with Crippen molar-refractivity contribution in [3.05, 3.63) is 218 Å². The smallest absolute Gasteiger partial charge is 0.137 e. The third kappa shape index (κ3) is 5.23. The zero-order chi connectivity index (χ0) is 41.9. The first kappa shape index (κ1) is 35.0. The van der Waals surface area contributed by atoms with Gasteiger partial charge in [-0.15, -0.1) is 0 Å². The highest BCUT2D eigenvalue weighted by molar-refractivity contribution is 6.20. The summed E-state index contributed by atoms with van der Waals surface area (Å²) < 4.78 is 17.7. The molecule has 0 bridgehead atoms. The number of furan rings is 2. The lowest BCUT2D eigenvalue weighted by molar-refractivity contribution is 0.669. The SMILES string of the molecule is c1ccc(-c2ccc(-n3c4ccc(-c5ccc6c(c5)c5cc7c(cc5n6-c5ccc(-c6ccccc6)cc5)oc5ccccc57)cc4c4cc5c(cc43)oc3ccccc35)cc2)cc1. The summed E-state index contributed by atoms with van der Waals surface area (Å²) in [5.41, 5.74) is 17.4. The van der Waals surface area contributed by atoms with E-state index in [9.17, 15) is 0 Å².